The second-order valence-electron chi connectivity index (χ2n) is 9.95. The molecule has 1 aromatic carbocycles. The van der Waals surface area contributed by atoms with Crippen molar-refractivity contribution in [1.29, 1.82) is 0 Å². The van der Waals surface area contributed by atoms with Crippen molar-refractivity contribution in [2.75, 3.05) is 6.54 Å². The second-order valence-corrected chi connectivity index (χ2v) is 9.95. The lowest BCUT2D eigenvalue weighted by Gasteiger charge is -2.56. The fraction of sp³-hybridized carbons (Fsp3) is 0.640. The number of rotatable bonds is 7. The largest absolute Gasteiger partial charge is 0.481 e. The Bertz CT molecular complexity index is 894. The predicted octanol–water partition coefficient (Wildman–Crippen LogP) is 2.94. The molecule has 7 nitrogen and oxygen atoms in total. The average molecular weight is 443 g/mol. The minimum atomic E-state index is -1.04. The van der Waals surface area contributed by atoms with Crippen LogP contribution in [-0.4, -0.2) is 41.6 Å². The van der Waals surface area contributed by atoms with Crippen molar-refractivity contribution < 1.29 is 24.2 Å². The molecule has 3 aliphatic rings. The highest BCUT2D eigenvalue weighted by molar-refractivity contribution is 5.87. The van der Waals surface area contributed by atoms with Gasteiger partial charge in [-0.15, -0.1) is 0 Å². The molecule has 1 aromatic rings. The maximum absolute atomic E-state index is 12.9. The third-order valence-corrected chi connectivity index (χ3v) is 7.64. The first-order chi connectivity index (χ1) is 15.3. The first-order valence-electron chi connectivity index (χ1n) is 11.9. The molecule has 4 atom stereocenters. The Kier molecular flexibility index (Phi) is 6.56. The van der Waals surface area contributed by atoms with Crippen LogP contribution in [0, 0.1) is 11.8 Å². The van der Waals surface area contributed by atoms with E-state index in [1.165, 1.54) is 36.8 Å². The van der Waals surface area contributed by atoms with Crippen molar-refractivity contribution in [3.63, 3.8) is 0 Å². The van der Waals surface area contributed by atoms with E-state index in [9.17, 15) is 14.4 Å². The highest BCUT2D eigenvalue weighted by atomic mass is 16.5. The molecule has 2 aliphatic carbocycles. The number of hydrogen-bond donors (Lipinski definition) is 3. The summed E-state index contributed by atoms with van der Waals surface area (Å²) in [6.07, 6.45) is 6.67. The summed E-state index contributed by atoms with van der Waals surface area (Å²) in [6.45, 7) is 4.69. The summed E-state index contributed by atoms with van der Waals surface area (Å²) in [5, 5.41) is 15.2. The molecule has 2 bridgehead atoms. The van der Waals surface area contributed by atoms with Crippen molar-refractivity contribution >= 4 is 17.8 Å². The number of aliphatic carboxylic acids is 1. The van der Waals surface area contributed by atoms with Gasteiger partial charge in [0.2, 0.25) is 5.91 Å². The molecular weight excluding hydrogens is 408 g/mol. The fourth-order valence-electron chi connectivity index (χ4n) is 6.11. The van der Waals surface area contributed by atoms with Gasteiger partial charge in [-0.05, 0) is 67.3 Å². The Labute approximate surface area is 189 Å². The highest BCUT2D eigenvalue weighted by Gasteiger charge is 2.51. The van der Waals surface area contributed by atoms with Gasteiger partial charge in [0, 0.05) is 17.9 Å². The first-order valence-corrected chi connectivity index (χ1v) is 11.9. The summed E-state index contributed by atoms with van der Waals surface area (Å²) < 4.78 is 5.76. The van der Waals surface area contributed by atoms with Gasteiger partial charge in [0.1, 0.15) is 11.8 Å². The molecule has 7 heteroatoms. The van der Waals surface area contributed by atoms with Gasteiger partial charge in [-0.1, -0.05) is 32.8 Å². The maximum Gasteiger partial charge on any atom is 0.334 e. The molecule has 174 valence electrons. The van der Waals surface area contributed by atoms with Crippen LogP contribution in [0.25, 0.3) is 0 Å². The van der Waals surface area contributed by atoms with E-state index >= 15 is 0 Å². The number of esters is 1. The summed E-state index contributed by atoms with van der Waals surface area (Å²) in [7, 11) is 0. The summed E-state index contributed by atoms with van der Waals surface area (Å²) in [4.78, 5) is 35.7. The number of amides is 1. The Morgan fingerprint density at radius 3 is 2.78 bits per heavy atom. The minimum absolute atomic E-state index is 0.163. The SMILES string of the molecule is CC(C)C(NC(=O)CCC(=O)O)C(=O)Oc1ccc2c(c1)[C@@]13CCCC[C@H]1[C@@H](C2)NCC3. The van der Waals surface area contributed by atoms with Gasteiger partial charge in [0.25, 0.3) is 0 Å². The Balaban J connectivity index is 1.52. The fourth-order valence-corrected chi connectivity index (χ4v) is 6.11. The molecule has 1 heterocycles. The van der Waals surface area contributed by atoms with Crippen LogP contribution in [-0.2, 0) is 26.2 Å². The van der Waals surface area contributed by atoms with E-state index in [2.05, 4.69) is 22.8 Å². The van der Waals surface area contributed by atoms with E-state index in [0.29, 0.717) is 17.7 Å². The average Bonchev–Trinajstić information content (AvgIpc) is 2.76. The van der Waals surface area contributed by atoms with Crippen LogP contribution < -0.4 is 15.4 Å². The molecule has 1 saturated carbocycles. The highest BCUT2D eigenvalue weighted by Crippen LogP contribution is 2.54. The van der Waals surface area contributed by atoms with Crippen molar-refractivity contribution in [1.82, 2.24) is 10.6 Å². The third kappa shape index (κ3) is 4.40. The number of carbonyl (C=O) groups excluding carboxylic acids is 2. The minimum Gasteiger partial charge on any atom is -0.481 e. The summed E-state index contributed by atoms with van der Waals surface area (Å²) >= 11 is 0. The molecule has 0 spiro atoms. The number of hydrogen-bond acceptors (Lipinski definition) is 5. The Hall–Kier alpha value is -2.41. The van der Waals surface area contributed by atoms with Crippen LogP contribution in [0.2, 0.25) is 0 Å². The van der Waals surface area contributed by atoms with Gasteiger partial charge >= 0.3 is 11.9 Å². The number of carboxylic acids is 1. The summed E-state index contributed by atoms with van der Waals surface area (Å²) in [5.41, 5.74) is 2.87. The van der Waals surface area contributed by atoms with Gasteiger partial charge in [-0.3, -0.25) is 9.59 Å². The van der Waals surface area contributed by atoms with Crippen LogP contribution in [0.15, 0.2) is 18.2 Å². The topological polar surface area (TPSA) is 105 Å². The standard InChI is InChI=1S/C25H34N2O5/c1-15(2)23(27-21(28)8-9-22(29)30)24(31)32-17-7-6-16-13-20-18-5-3-4-10-25(18,11-12-26-20)19(16)14-17/h6-7,14-15,18,20,23,26H,3-5,8-13H2,1-2H3,(H,27,28)(H,29,30)/t18-,20+,23?,25+/m0/s1. The van der Waals surface area contributed by atoms with Crippen molar-refractivity contribution in [2.24, 2.45) is 11.8 Å². The van der Waals surface area contributed by atoms with Crippen LogP contribution in [0.3, 0.4) is 0 Å². The van der Waals surface area contributed by atoms with Gasteiger partial charge in [0.05, 0.1) is 6.42 Å². The lowest BCUT2D eigenvalue weighted by Crippen LogP contribution is -2.59. The van der Waals surface area contributed by atoms with Crippen LogP contribution in [0.4, 0.5) is 0 Å². The Morgan fingerprint density at radius 1 is 1.22 bits per heavy atom. The first kappa shape index (κ1) is 22.8. The molecule has 1 unspecified atom stereocenters. The molecule has 0 aromatic heterocycles. The molecule has 3 N–H and O–H groups in total. The molecule has 32 heavy (non-hydrogen) atoms. The van der Waals surface area contributed by atoms with E-state index in [4.69, 9.17) is 9.84 Å². The number of fused-ring (bicyclic) bond motifs is 1. The van der Waals surface area contributed by atoms with Gasteiger partial charge < -0.3 is 20.5 Å². The number of benzene rings is 1. The molecular formula is C25H34N2O5. The van der Waals surface area contributed by atoms with Crippen molar-refractivity contribution in [3.8, 4) is 5.75 Å². The van der Waals surface area contributed by atoms with E-state index in [-0.39, 0.29) is 24.2 Å². The smallest absolute Gasteiger partial charge is 0.334 e. The molecule has 2 fully saturated rings. The predicted molar refractivity (Wildman–Crippen MR) is 119 cm³/mol. The lowest BCUT2D eigenvalue weighted by atomic mass is 9.53. The zero-order chi connectivity index (χ0) is 22.9. The van der Waals surface area contributed by atoms with Gasteiger partial charge in [0.15, 0.2) is 0 Å². The number of carboxylic acid groups (broad SMARTS) is 1. The third-order valence-electron chi connectivity index (χ3n) is 7.64. The van der Waals surface area contributed by atoms with Crippen molar-refractivity contribution in [2.45, 2.75) is 82.7 Å². The molecule has 1 amide bonds. The maximum atomic E-state index is 12.9. The number of carbonyl (C=O) groups is 3. The number of ether oxygens (including phenoxy) is 1. The monoisotopic (exact) mass is 442 g/mol. The van der Waals surface area contributed by atoms with Crippen LogP contribution >= 0.6 is 0 Å². The molecule has 1 aliphatic heterocycles. The zero-order valence-corrected chi connectivity index (χ0v) is 19.0. The van der Waals surface area contributed by atoms with Crippen molar-refractivity contribution in [3.05, 3.63) is 29.3 Å². The quantitative estimate of drug-likeness (QED) is 0.443. The number of nitrogens with one attached hydrogen (secondary N) is 2. The van der Waals surface area contributed by atoms with Crippen LogP contribution in [0.1, 0.15) is 69.9 Å². The molecule has 4 rings (SSSR count). The van der Waals surface area contributed by atoms with E-state index < -0.39 is 23.9 Å². The zero-order valence-electron chi connectivity index (χ0n) is 19.0. The summed E-state index contributed by atoms with van der Waals surface area (Å²) in [6, 6.07) is 5.74. The van der Waals surface area contributed by atoms with Gasteiger partial charge in [-0.2, -0.15) is 0 Å². The number of piperidine rings is 1. The normalized spacial score (nSPS) is 27.1. The van der Waals surface area contributed by atoms with Crippen LogP contribution in [0.5, 0.6) is 5.75 Å². The molecule has 1 saturated heterocycles. The lowest BCUT2D eigenvalue weighted by molar-refractivity contribution is -0.141. The molecule has 0 radical (unpaired) electrons. The van der Waals surface area contributed by atoms with E-state index in [1.54, 1.807) is 0 Å². The van der Waals surface area contributed by atoms with E-state index in [0.717, 1.165) is 19.4 Å². The van der Waals surface area contributed by atoms with E-state index in [1.807, 2.05) is 19.9 Å². The summed E-state index contributed by atoms with van der Waals surface area (Å²) in [5.74, 6) is -1.03. The van der Waals surface area contributed by atoms with Gasteiger partial charge in [-0.25, -0.2) is 4.79 Å². The second kappa shape index (κ2) is 9.22. The Morgan fingerprint density at radius 2 is 2.03 bits per heavy atom.